The summed E-state index contributed by atoms with van der Waals surface area (Å²) in [6, 6.07) is 6.00. The van der Waals surface area contributed by atoms with Crippen LogP contribution in [0.4, 0.5) is 0 Å². The SMILES string of the molecule is COCCN(CC(=O)N1N=C(c2cccs2)CC1c1sccc1C)C(=O)C1CC1. The van der Waals surface area contributed by atoms with Gasteiger partial charge in [-0.05, 0) is 48.2 Å². The van der Waals surface area contributed by atoms with Crippen LogP contribution in [0.3, 0.4) is 0 Å². The summed E-state index contributed by atoms with van der Waals surface area (Å²) in [7, 11) is 1.61. The maximum absolute atomic E-state index is 13.3. The van der Waals surface area contributed by atoms with Crippen molar-refractivity contribution in [2.24, 2.45) is 11.0 Å². The lowest BCUT2D eigenvalue weighted by Gasteiger charge is -2.26. The van der Waals surface area contributed by atoms with Crippen LogP contribution in [-0.4, -0.2) is 54.2 Å². The monoisotopic (exact) mass is 431 g/mol. The number of hydrazone groups is 1. The fraction of sp³-hybridized carbons (Fsp3) is 0.476. The zero-order chi connectivity index (χ0) is 20.4. The summed E-state index contributed by atoms with van der Waals surface area (Å²) in [5.74, 6) is -0.0147. The lowest BCUT2D eigenvalue weighted by atomic mass is 10.1. The molecule has 8 heteroatoms. The smallest absolute Gasteiger partial charge is 0.262 e. The van der Waals surface area contributed by atoms with E-state index in [-0.39, 0.29) is 30.3 Å². The molecule has 0 bridgehead atoms. The lowest BCUT2D eigenvalue weighted by Crippen LogP contribution is -2.43. The summed E-state index contributed by atoms with van der Waals surface area (Å²) in [5, 5.41) is 10.4. The molecule has 1 fully saturated rings. The number of nitrogens with zero attached hydrogens (tertiary/aromatic N) is 3. The Morgan fingerprint density at radius 1 is 1.28 bits per heavy atom. The van der Waals surface area contributed by atoms with E-state index < -0.39 is 0 Å². The third kappa shape index (κ3) is 4.44. The summed E-state index contributed by atoms with van der Waals surface area (Å²) >= 11 is 3.29. The predicted octanol–water partition coefficient (Wildman–Crippen LogP) is 3.68. The number of methoxy groups -OCH3 is 1. The van der Waals surface area contributed by atoms with Crippen molar-refractivity contribution in [3.8, 4) is 0 Å². The van der Waals surface area contributed by atoms with Crippen LogP contribution in [0.15, 0.2) is 34.1 Å². The van der Waals surface area contributed by atoms with Gasteiger partial charge in [0, 0.05) is 30.9 Å². The Morgan fingerprint density at radius 2 is 2.10 bits per heavy atom. The Morgan fingerprint density at radius 3 is 2.72 bits per heavy atom. The van der Waals surface area contributed by atoms with Gasteiger partial charge in [-0.2, -0.15) is 5.10 Å². The average Bonchev–Trinajstić information content (AvgIpc) is 3.10. The van der Waals surface area contributed by atoms with Gasteiger partial charge in [0.25, 0.3) is 5.91 Å². The Labute approximate surface area is 178 Å². The van der Waals surface area contributed by atoms with Crippen molar-refractivity contribution in [1.82, 2.24) is 9.91 Å². The Kier molecular flexibility index (Phi) is 6.12. The van der Waals surface area contributed by atoms with E-state index in [4.69, 9.17) is 9.84 Å². The van der Waals surface area contributed by atoms with Gasteiger partial charge >= 0.3 is 0 Å². The van der Waals surface area contributed by atoms with Gasteiger partial charge in [0.1, 0.15) is 6.54 Å². The van der Waals surface area contributed by atoms with Crippen LogP contribution in [0.1, 0.15) is 40.6 Å². The van der Waals surface area contributed by atoms with Gasteiger partial charge in [-0.25, -0.2) is 5.01 Å². The van der Waals surface area contributed by atoms with E-state index in [1.165, 1.54) is 5.56 Å². The maximum Gasteiger partial charge on any atom is 0.262 e. The highest BCUT2D eigenvalue weighted by molar-refractivity contribution is 7.12. The van der Waals surface area contributed by atoms with Gasteiger partial charge in [-0.15, -0.1) is 22.7 Å². The number of carbonyl (C=O) groups excluding carboxylic acids is 2. The number of thiophene rings is 2. The van der Waals surface area contributed by atoms with E-state index >= 15 is 0 Å². The molecule has 29 heavy (non-hydrogen) atoms. The van der Waals surface area contributed by atoms with Crippen LogP contribution >= 0.6 is 22.7 Å². The van der Waals surface area contributed by atoms with E-state index in [1.54, 1.807) is 39.7 Å². The Bertz CT molecular complexity index is 902. The molecule has 0 saturated heterocycles. The molecule has 2 aromatic rings. The van der Waals surface area contributed by atoms with Crippen LogP contribution in [-0.2, 0) is 14.3 Å². The molecule has 1 unspecified atom stereocenters. The highest BCUT2D eigenvalue weighted by Gasteiger charge is 2.38. The third-order valence-electron chi connectivity index (χ3n) is 5.31. The second kappa shape index (κ2) is 8.77. The van der Waals surface area contributed by atoms with Crippen molar-refractivity contribution in [2.75, 3.05) is 26.8 Å². The van der Waals surface area contributed by atoms with Crippen LogP contribution in [0, 0.1) is 12.8 Å². The molecule has 2 aromatic heterocycles. The quantitative estimate of drug-likeness (QED) is 0.641. The molecule has 2 amide bonds. The molecule has 4 rings (SSSR count). The first-order chi connectivity index (χ1) is 14.1. The molecule has 154 valence electrons. The van der Waals surface area contributed by atoms with E-state index in [0.717, 1.165) is 28.3 Å². The van der Waals surface area contributed by atoms with Crippen molar-refractivity contribution in [3.05, 3.63) is 44.3 Å². The second-order valence-corrected chi connectivity index (χ2v) is 9.37. The van der Waals surface area contributed by atoms with Crippen LogP contribution in [0.2, 0.25) is 0 Å². The highest BCUT2D eigenvalue weighted by Crippen LogP contribution is 2.38. The molecule has 1 aliphatic carbocycles. The fourth-order valence-corrected chi connectivity index (χ4v) is 5.29. The number of rotatable bonds is 8. The van der Waals surface area contributed by atoms with Gasteiger partial charge in [0.2, 0.25) is 5.91 Å². The topological polar surface area (TPSA) is 62.2 Å². The molecule has 0 spiro atoms. The largest absolute Gasteiger partial charge is 0.383 e. The summed E-state index contributed by atoms with van der Waals surface area (Å²) in [6.07, 6.45) is 2.53. The minimum atomic E-state index is -0.139. The van der Waals surface area contributed by atoms with E-state index in [2.05, 4.69) is 18.4 Å². The number of hydrogen-bond donors (Lipinski definition) is 0. The lowest BCUT2D eigenvalue weighted by molar-refractivity contribution is -0.142. The molecule has 3 heterocycles. The molecule has 1 atom stereocenters. The number of aryl methyl sites for hydroxylation is 1. The van der Waals surface area contributed by atoms with Crippen molar-refractivity contribution in [2.45, 2.75) is 32.2 Å². The number of hydrogen-bond acceptors (Lipinski definition) is 6. The zero-order valence-corrected chi connectivity index (χ0v) is 18.3. The Hall–Kier alpha value is -2.03. The molecule has 1 aliphatic heterocycles. The van der Waals surface area contributed by atoms with Gasteiger partial charge in [-0.1, -0.05) is 6.07 Å². The average molecular weight is 432 g/mol. The van der Waals surface area contributed by atoms with Crippen LogP contribution < -0.4 is 0 Å². The van der Waals surface area contributed by atoms with Gasteiger partial charge in [0.05, 0.1) is 23.2 Å². The molecule has 1 saturated carbocycles. The van der Waals surface area contributed by atoms with Crippen LogP contribution in [0.25, 0.3) is 0 Å². The molecule has 0 N–H and O–H groups in total. The number of ether oxygens (including phenoxy) is 1. The second-order valence-electron chi connectivity index (χ2n) is 7.48. The molecular weight excluding hydrogens is 406 g/mol. The summed E-state index contributed by atoms with van der Waals surface area (Å²) in [5.41, 5.74) is 2.11. The first-order valence-electron chi connectivity index (χ1n) is 9.83. The van der Waals surface area contributed by atoms with Crippen molar-refractivity contribution >= 4 is 40.2 Å². The predicted molar refractivity (Wildman–Crippen MR) is 115 cm³/mol. The summed E-state index contributed by atoms with van der Waals surface area (Å²) < 4.78 is 5.15. The standard InChI is InChI=1S/C21H25N3O3S2/c1-14-7-11-29-20(14)17-12-16(18-4-3-10-28-18)22-24(17)19(25)13-23(8-9-27-2)21(26)15-5-6-15/h3-4,7,10-11,15,17H,5-6,8-9,12-13H2,1-2H3. The Balaban J connectivity index is 1.56. The normalized spacial score (nSPS) is 18.8. The summed E-state index contributed by atoms with van der Waals surface area (Å²) in [6.45, 7) is 2.96. The van der Waals surface area contributed by atoms with Gasteiger partial charge in [-0.3, -0.25) is 9.59 Å². The first kappa shape index (κ1) is 20.3. The van der Waals surface area contributed by atoms with E-state index in [1.807, 2.05) is 17.5 Å². The van der Waals surface area contributed by atoms with E-state index in [9.17, 15) is 9.59 Å². The minimum Gasteiger partial charge on any atom is -0.383 e. The molecule has 2 aliphatic rings. The van der Waals surface area contributed by atoms with Gasteiger partial charge < -0.3 is 9.64 Å². The fourth-order valence-electron chi connectivity index (χ4n) is 3.55. The third-order valence-corrected chi connectivity index (χ3v) is 7.34. The highest BCUT2D eigenvalue weighted by atomic mass is 32.1. The van der Waals surface area contributed by atoms with Gasteiger partial charge in [0.15, 0.2) is 0 Å². The number of amides is 2. The van der Waals surface area contributed by atoms with Crippen molar-refractivity contribution < 1.29 is 14.3 Å². The van der Waals surface area contributed by atoms with Crippen molar-refractivity contribution in [3.63, 3.8) is 0 Å². The molecule has 6 nitrogen and oxygen atoms in total. The maximum atomic E-state index is 13.3. The van der Waals surface area contributed by atoms with Crippen molar-refractivity contribution in [1.29, 1.82) is 0 Å². The van der Waals surface area contributed by atoms with Crippen LogP contribution in [0.5, 0.6) is 0 Å². The number of carbonyl (C=O) groups is 2. The van der Waals surface area contributed by atoms with E-state index in [0.29, 0.717) is 19.6 Å². The molecule has 0 aromatic carbocycles. The zero-order valence-electron chi connectivity index (χ0n) is 16.7. The first-order valence-corrected chi connectivity index (χ1v) is 11.6. The molecular formula is C21H25N3O3S2. The molecule has 0 radical (unpaired) electrons. The minimum absolute atomic E-state index is 0.0425. The summed E-state index contributed by atoms with van der Waals surface area (Å²) in [4.78, 5) is 29.8.